The summed E-state index contributed by atoms with van der Waals surface area (Å²) in [6.07, 6.45) is 2.06. The topological polar surface area (TPSA) is 46.2 Å². The van der Waals surface area contributed by atoms with Crippen molar-refractivity contribution in [1.82, 2.24) is 10.3 Å². The maximum absolute atomic E-state index is 13.9. The number of hydrogen-bond acceptors (Lipinski definition) is 3. The maximum atomic E-state index is 13.9. The average molecular weight is 354 g/mol. The molecule has 0 amide bonds. The lowest BCUT2D eigenvalue weighted by Crippen LogP contribution is -2.30. The molecule has 23 heavy (non-hydrogen) atoms. The van der Waals surface area contributed by atoms with Gasteiger partial charge in [-0.15, -0.1) is 0 Å². The number of halogens is 2. The second-order valence-corrected chi connectivity index (χ2v) is 5.43. The molecule has 1 aromatic heterocycles. The first-order chi connectivity index (χ1) is 11.1. The van der Waals surface area contributed by atoms with E-state index in [1.165, 1.54) is 6.07 Å². The van der Waals surface area contributed by atoms with Crippen LogP contribution in [0.4, 0.5) is 10.2 Å². The number of pyridine rings is 1. The van der Waals surface area contributed by atoms with Crippen molar-refractivity contribution in [3.05, 3.63) is 52.9 Å². The van der Waals surface area contributed by atoms with Crippen LogP contribution in [0.25, 0.3) is 0 Å². The number of ether oxygens (including phenoxy) is 1. The monoisotopic (exact) mass is 353 g/mol. The van der Waals surface area contributed by atoms with E-state index in [9.17, 15) is 4.39 Å². The van der Waals surface area contributed by atoms with Gasteiger partial charge in [0.2, 0.25) is 0 Å². The molecule has 2 aromatic rings. The molecule has 0 unspecified atom stereocenters. The first-order valence-corrected chi connectivity index (χ1v) is 7.96. The number of thiocarbonyl (C=S) groups is 1. The van der Waals surface area contributed by atoms with Crippen molar-refractivity contribution in [2.24, 2.45) is 0 Å². The quantitative estimate of drug-likeness (QED) is 0.773. The van der Waals surface area contributed by atoms with E-state index in [0.717, 1.165) is 0 Å². The number of rotatable bonds is 6. The molecule has 7 heteroatoms. The van der Waals surface area contributed by atoms with Crippen LogP contribution in [0.2, 0.25) is 5.02 Å². The second-order valence-electron chi connectivity index (χ2n) is 4.61. The van der Waals surface area contributed by atoms with Crippen molar-refractivity contribution in [2.45, 2.75) is 13.3 Å². The lowest BCUT2D eigenvalue weighted by Gasteiger charge is -2.13. The van der Waals surface area contributed by atoms with Gasteiger partial charge in [-0.1, -0.05) is 17.7 Å². The molecule has 0 saturated carbocycles. The highest BCUT2D eigenvalue weighted by molar-refractivity contribution is 7.80. The van der Waals surface area contributed by atoms with E-state index in [4.69, 9.17) is 28.6 Å². The number of benzene rings is 1. The van der Waals surface area contributed by atoms with Crippen molar-refractivity contribution in [3.8, 4) is 5.75 Å². The highest BCUT2D eigenvalue weighted by atomic mass is 35.5. The summed E-state index contributed by atoms with van der Waals surface area (Å²) < 4.78 is 19.4. The summed E-state index contributed by atoms with van der Waals surface area (Å²) in [6, 6.07) is 8.26. The molecule has 0 fully saturated rings. The third-order valence-electron chi connectivity index (χ3n) is 3.03. The summed E-state index contributed by atoms with van der Waals surface area (Å²) in [7, 11) is 0. The van der Waals surface area contributed by atoms with Gasteiger partial charge in [0.15, 0.2) is 10.9 Å². The predicted molar refractivity (Wildman–Crippen MR) is 94.7 cm³/mol. The Morgan fingerprint density at radius 1 is 1.35 bits per heavy atom. The zero-order chi connectivity index (χ0) is 16.7. The third-order valence-corrected chi connectivity index (χ3v) is 3.58. The fraction of sp³-hybridized carbons (Fsp3) is 0.250. The normalized spacial score (nSPS) is 10.2. The summed E-state index contributed by atoms with van der Waals surface area (Å²) in [4.78, 5) is 4.09. The molecule has 0 bridgehead atoms. The minimum absolute atomic E-state index is 0.288. The van der Waals surface area contributed by atoms with Gasteiger partial charge in [-0.25, -0.2) is 9.37 Å². The highest BCUT2D eigenvalue weighted by Gasteiger charge is 2.10. The Morgan fingerprint density at radius 3 is 2.91 bits per heavy atom. The standard InChI is InChI=1S/C16H17ClFN3OS/c1-2-22-14-7-3-6-13(18)11(14)8-10-20-16(23)21-15-12(17)5-4-9-19-15/h3-7,9H,2,8,10H2,1H3,(H2,19,20,21,23). The van der Waals surface area contributed by atoms with Crippen LogP contribution in [0, 0.1) is 5.82 Å². The molecule has 4 nitrogen and oxygen atoms in total. The van der Waals surface area contributed by atoms with Crippen molar-refractivity contribution in [3.63, 3.8) is 0 Å². The van der Waals surface area contributed by atoms with Crippen LogP contribution < -0.4 is 15.4 Å². The van der Waals surface area contributed by atoms with Gasteiger partial charge >= 0.3 is 0 Å². The predicted octanol–water partition coefficient (Wildman–Crippen LogP) is 3.80. The molecule has 0 radical (unpaired) electrons. The first-order valence-electron chi connectivity index (χ1n) is 7.17. The zero-order valence-electron chi connectivity index (χ0n) is 12.6. The van der Waals surface area contributed by atoms with Crippen molar-refractivity contribution in [2.75, 3.05) is 18.5 Å². The van der Waals surface area contributed by atoms with Gasteiger partial charge in [0, 0.05) is 18.3 Å². The average Bonchev–Trinajstić information content (AvgIpc) is 2.52. The molecule has 2 N–H and O–H groups in total. The Bertz CT molecular complexity index is 684. The van der Waals surface area contributed by atoms with E-state index >= 15 is 0 Å². The lowest BCUT2D eigenvalue weighted by atomic mass is 10.1. The maximum Gasteiger partial charge on any atom is 0.171 e. The Morgan fingerprint density at radius 2 is 2.17 bits per heavy atom. The summed E-state index contributed by atoms with van der Waals surface area (Å²) in [5, 5.41) is 6.76. The van der Waals surface area contributed by atoms with Crippen LogP contribution in [0.1, 0.15) is 12.5 Å². The molecular formula is C16H17ClFN3OS. The van der Waals surface area contributed by atoms with E-state index in [-0.39, 0.29) is 5.82 Å². The molecule has 1 heterocycles. The van der Waals surface area contributed by atoms with Gasteiger partial charge in [-0.05, 0) is 49.8 Å². The second kappa shape index (κ2) is 8.64. The lowest BCUT2D eigenvalue weighted by molar-refractivity contribution is 0.333. The smallest absolute Gasteiger partial charge is 0.171 e. The SMILES string of the molecule is CCOc1cccc(F)c1CCNC(=S)Nc1ncccc1Cl. The van der Waals surface area contributed by atoms with Gasteiger partial charge in [-0.3, -0.25) is 0 Å². The Balaban J connectivity index is 1.90. The molecule has 0 aliphatic carbocycles. The van der Waals surface area contributed by atoms with E-state index in [1.54, 1.807) is 30.5 Å². The molecule has 0 aliphatic heterocycles. The van der Waals surface area contributed by atoms with Crippen molar-refractivity contribution in [1.29, 1.82) is 0 Å². The molecule has 2 rings (SSSR count). The van der Waals surface area contributed by atoms with Gasteiger partial charge in [0.25, 0.3) is 0 Å². The van der Waals surface area contributed by atoms with Gasteiger partial charge in [0.05, 0.1) is 11.6 Å². The van der Waals surface area contributed by atoms with Crippen LogP contribution in [0.15, 0.2) is 36.5 Å². The minimum atomic E-state index is -0.288. The largest absolute Gasteiger partial charge is 0.493 e. The Hall–Kier alpha value is -1.92. The van der Waals surface area contributed by atoms with Gasteiger partial charge in [0.1, 0.15) is 11.6 Å². The van der Waals surface area contributed by atoms with Crippen LogP contribution in [0.3, 0.4) is 0 Å². The zero-order valence-corrected chi connectivity index (χ0v) is 14.2. The molecule has 122 valence electrons. The van der Waals surface area contributed by atoms with E-state index in [0.29, 0.717) is 46.8 Å². The summed E-state index contributed by atoms with van der Waals surface area (Å²) in [5.41, 5.74) is 0.528. The van der Waals surface area contributed by atoms with E-state index in [2.05, 4.69) is 15.6 Å². The van der Waals surface area contributed by atoms with Gasteiger partial charge < -0.3 is 15.4 Å². The number of anilines is 1. The number of aromatic nitrogens is 1. The van der Waals surface area contributed by atoms with E-state index < -0.39 is 0 Å². The Labute approximate surface area is 145 Å². The molecule has 1 aromatic carbocycles. The highest BCUT2D eigenvalue weighted by Crippen LogP contribution is 2.22. The minimum Gasteiger partial charge on any atom is -0.493 e. The fourth-order valence-corrected chi connectivity index (χ4v) is 2.37. The summed E-state index contributed by atoms with van der Waals surface area (Å²) in [5.74, 6) is 0.748. The fourth-order valence-electron chi connectivity index (χ4n) is 2.00. The first kappa shape index (κ1) is 17.4. The van der Waals surface area contributed by atoms with E-state index in [1.807, 2.05) is 6.92 Å². The molecule has 0 aliphatic rings. The van der Waals surface area contributed by atoms with Crippen LogP contribution >= 0.6 is 23.8 Å². The van der Waals surface area contributed by atoms with Crippen LogP contribution in [0.5, 0.6) is 5.75 Å². The van der Waals surface area contributed by atoms with Crippen LogP contribution in [-0.2, 0) is 6.42 Å². The third kappa shape index (κ3) is 5.04. The van der Waals surface area contributed by atoms with Crippen molar-refractivity contribution < 1.29 is 9.13 Å². The molecular weight excluding hydrogens is 337 g/mol. The molecule has 0 spiro atoms. The summed E-state index contributed by atoms with van der Waals surface area (Å²) in [6.45, 7) is 2.81. The summed E-state index contributed by atoms with van der Waals surface area (Å²) >= 11 is 11.2. The Kier molecular flexibility index (Phi) is 6.55. The molecule has 0 atom stereocenters. The van der Waals surface area contributed by atoms with Crippen molar-refractivity contribution >= 4 is 34.7 Å². The number of hydrogen-bond donors (Lipinski definition) is 2. The number of nitrogens with one attached hydrogen (secondary N) is 2. The van der Waals surface area contributed by atoms with Crippen LogP contribution in [-0.4, -0.2) is 23.2 Å². The van der Waals surface area contributed by atoms with Gasteiger partial charge in [-0.2, -0.15) is 0 Å². The number of nitrogens with zero attached hydrogens (tertiary/aromatic N) is 1. The molecule has 0 saturated heterocycles.